The van der Waals surface area contributed by atoms with Gasteiger partial charge in [0.1, 0.15) is 0 Å². The summed E-state index contributed by atoms with van der Waals surface area (Å²) in [5.74, 6) is 0.896. The molecule has 1 aliphatic heterocycles. The first kappa shape index (κ1) is 7.25. The largest absolute Gasteiger partial charge is 0.369 e. The summed E-state index contributed by atoms with van der Waals surface area (Å²) in [4.78, 5) is 0. The summed E-state index contributed by atoms with van der Waals surface area (Å²) in [6.07, 6.45) is 0. The molecule has 0 N–H and O–H groups in total. The van der Waals surface area contributed by atoms with Crippen molar-refractivity contribution in [2.45, 2.75) is 6.92 Å². The molecule has 0 radical (unpaired) electrons. The van der Waals surface area contributed by atoms with Crippen LogP contribution in [0.2, 0.25) is 0 Å². The Bertz CT molecular complexity index is 124. The molecule has 1 aliphatic rings. The zero-order chi connectivity index (χ0) is 6.69. The van der Waals surface area contributed by atoms with Crippen LogP contribution in [0.25, 0.3) is 0 Å². The minimum Gasteiger partial charge on any atom is -0.369 e. The van der Waals surface area contributed by atoms with E-state index in [4.69, 9.17) is 4.74 Å². The van der Waals surface area contributed by atoms with E-state index in [0.29, 0.717) is 0 Å². The van der Waals surface area contributed by atoms with Crippen LogP contribution in [-0.2, 0) is 4.74 Å². The Morgan fingerprint density at radius 3 is 2.89 bits per heavy atom. The van der Waals surface area contributed by atoms with Crippen LogP contribution >= 0.6 is 10.7 Å². The van der Waals surface area contributed by atoms with E-state index in [9.17, 15) is 0 Å². The van der Waals surface area contributed by atoms with Gasteiger partial charge in [0, 0.05) is 6.54 Å². The second-order valence-corrected chi connectivity index (χ2v) is 4.15. The summed E-state index contributed by atoms with van der Waals surface area (Å²) in [5.41, 5.74) is 0. The fraction of sp³-hybridized carbons (Fsp3) is 0.833. The van der Waals surface area contributed by atoms with Gasteiger partial charge in [-0.1, -0.05) is 10.7 Å². The number of rotatable bonds is 0. The molecule has 1 heterocycles. The van der Waals surface area contributed by atoms with E-state index in [1.807, 2.05) is 0 Å². The van der Waals surface area contributed by atoms with E-state index in [2.05, 4.69) is 23.6 Å². The molecule has 1 fully saturated rings. The molecule has 0 aromatic carbocycles. The van der Waals surface area contributed by atoms with Gasteiger partial charge in [-0.3, -0.25) is 4.31 Å². The van der Waals surface area contributed by atoms with Gasteiger partial charge in [-0.2, -0.15) is 0 Å². The third kappa shape index (κ3) is 1.78. The fourth-order valence-corrected chi connectivity index (χ4v) is 2.07. The third-order valence-corrected chi connectivity index (χ3v) is 3.36. The summed E-state index contributed by atoms with van der Waals surface area (Å²) in [6.45, 7) is 4.07. The molecule has 2 nitrogen and oxygen atoms in total. The highest BCUT2D eigenvalue weighted by molar-refractivity contribution is 8.12. The fourth-order valence-electron chi connectivity index (χ4n) is 0.793. The highest BCUT2D eigenvalue weighted by Gasteiger charge is 2.07. The molecule has 1 saturated heterocycles. The number of likely N-dealkylation sites (N-methyl/N-ethyl adjacent to an activating group) is 1. The minimum atomic E-state index is 0.290. The zero-order valence-corrected chi connectivity index (χ0v) is 6.78. The maximum absolute atomic E-state index is 5.28. The molecule has 54 valence electrons. The molecule has 3 heteroatoms. The second kappa shape index (κ2) is 3.34. The second-order valence-electron chi connectivity index (χ2n) is 2.01. The van der Waals surface area contributed by atoms with Crippen molar-refractivity contribution in [3.05, 3.63) is 0 Å². The zero-order valence-electron chi connectivity index (χ0n) is 5.96. The lowest BCUT2D eigenvalue weighted by Crippen LogP contribution is -2.25. The summed E-state index contributed by atoms with van der Waals surface area (Å²) < 4.78 is 7.62. The van der Waals surface area contributed by atoms with Crippen molar-refractivity contribution in [3.63, 3.8) is 0 Å². The van der Waals surface area contributed by atoms with Gasteiger partial charge < -0.3 is 4.74 Å². The number of nitrogens with zero attached hydrogens (tertiary/aromatic N) is 1. The van der Waals surface area contributed by atoms with Crippen LogP contribution in [0.4, 0.5) is 0 Å². The molecule has 1 atom stereocenters. The maximum Gasteiger partial charge on any atom is 0.0999 e. The molecule has 0 amide bonds. The normalized spacial score (nSPS) is 31.1. The molecular weight excluding hydrogens is 134 g/mol. The van der Waals surface area contributed by atoms with E-state index < -0.39 is 0 Å². The van der Waals surface area contributed by atoms with Gasteiger partial charge in [0.25, 0.3) is 0 Å². The van der Waals surface area contributed by atoms with Gasteiger partial charge in [0.15, 0.2) is 0 Å². The molecule has 0 spiro atoms. The Balaban J connectivity index is 2.49. The number of hydrogen-bond acceptors (Lipinski definition) is 2. The highest BCUT2D eigenvalue weighted by atomic mass is 32.2. The molecule has 0 aromatic rings. The van der Waals surface area contributed by atoms with E-state index in [1.54, 1.807) is 0 Å². The van der Waals surface area contributed by atoms with Crippen LogP contribution in [0.5, 0.6) is 0 Å². The monoisotopic (exact) mass is 147 g/mol. The Hall–Kier alpha value is 0.140. The lowest BCUT2D eigenvalue weighted by atomic mass is 10.7. The Kier molecular flexibility index (Phi) is 2.69. The first-order chi connectivity index (χ1) is 4.34. The SMILES string of the molecule is C/C=S1/COCCN1C. The van der Waals surface area contributed by atoms with Crippen molar-refractivity contribution in [1.82, 2.24) is 4.31 Å². The maximum atomic E-state index is 5.28. The Morgan fingerprint density at radius 2 is 2.44 bits per heavy atom. The molecule has 0 saturated carbocycles. The van der Waals surface area contributed by atoms with E-state index in [-0.39, 0.29) is 10.7 Å². The van der Waals surface area contributed by atoms with Crippen LogP contribution in [0.1, 0.15) is 6.92 Å². The molecule has 0 aliphatic carbocycles. The van der Waals surface area contributed by atoms with Crippen LogP contribution in [0.3, 0.4) is 0 Å². The lowest BCUT2D eigenvalue weighted by Gasteiger charge is -2.26. The van der Waals surface area contributed by atoms with E-state index >= 15 is 0 Å². The third-order valence-electron chi connectivity index (χ3n) is 1.43. The van der Waals surface area contributed by atoms with Crippen LogP contribution in [-0.4, -0.2) is 35.8 Å². The van der Waals surface area contributed by atoms with Crippen LogP contribution < -0.4 is 0 Å². The average molecular weight is 147 g/mol. The van der Waals surface area contributed by atoms with Crippen molar-refractivity contribution in [1.29, 1.82) is 0 Å². The smallest absolute Gasteiger partial charge is 0.0999 e. The van der Waals surface area contributed by atoms with Gasteiger partial charge in [0.05, 0.1) is 12.5 Å². The number of hydrogen-bond donors (Lipinski definition) is 0. The lowest BCUT2D eigenvalue weighted by molar-refractivity contribution is 0.154. The van der Waals surface area contributed by atoms with Crippen LogP contribution in [0.15, 0.2) is 0 Å². The van der Waals surface area contributed by atoms with Gasteiger partial charge in [-0.15, -0.1) is 0 Å². The van der Waals surface area contributed by atoms with Crippen molar-refractivity contribution in [2.24, 2.45) is 0 Å². The van der Waals surface area contributed by atoms with Gasteiger partial charge in [0.2, 0.25) is 0 Å². The van der Waals surface area contributed by atoms with Crippen molar-refractivity contribution >= 4 is 16.0 Å². The topological polar surface area (TPSA) is 12.5 Å². The molecule has 0 aromatic heterocycles. The molecule has 0 bridgehead atoms. The van der Waals surface area contributed by atoms with Crippen molar-refractivity contribution in [3.8, 4) is 0 Å². The highest BCUT2D eigenvalue weighted by Crippen LogP contribution is 2.19. The van der Waals surface area contributed by atoms with E-state index in [0.717, 1.165) is 19.1 Å². The average Bonchev–Trinajstić information content (AvgIpc) is 1.89. The Morgan fingerprint density at radius 1 is 1.67 bits per heavy atom. The molecule has 1 unspecified atom stereocenters. The quantitative estimate of drug-likeness (QED) is 0.472. The summed E-state index contributed by atoms with van der Waals surface area (Å²) >= 11 is 0. The summed E-state index contributed by atoms with van der Waals surface area (Å²) in [5, 5.41) is 2.21. The van der Waals surface area contributed by atoms with Crippen LogP contribution in [0, 0.1) is 0 Å². The summed E-state index contributed by atoms with van der Waals surface area (Å²) in [7, 11) is 2.43. The van der Waals surface area contributed by atoms with Crippen molar-refractivity contribution < 1.29 is 4.74 Å². The first-order valence-corrected chi connectivity index (χ1v) is 4.54. The molecule has 9 heavy (non-hydrogen) atoms. The predicted octanol–water partition coefficient (Wildman–Crippen LogP) is 0.912. The first-order valence-electron chi connectivity index (χ1n) is 3.13. The number of ether oxygens (including phenoxy) is 1. The Labute approximate surface area is 58.9 Å². The van der Waals surface area contributed by atoms with Gasteiger partial charge in [-0.25, -0.2) is 0 Å². The molecule has 1 rings (SSSR count). The molecular formula is C6H13NOS. The summed E-state index contributed by atoms with van der Waals surface area (Å²) in [6, 6.07) is 0. The minimum absolute atomic E-state index is 0.290. The standard InChI is InChI=1S/C6H13NOS/c1-3-9-6-8-5-4-7(9)2/h3H,4-6H2,1-2H3. The van der Waals surface area contributed by atoms with Gasteiger partial charge >= 0.3 is 0 Å². The predicted molar refractivity (Wildman–Crippen MR) is 42.8 cm³/mol. The van der Waals surface area contributed by atoms with E-state index in [1.165, 1.54) is 0 Å². The van der Waals surface area contributed by atoms with Gasteiger partial charge in [-0.05, 0) is 19.3 Å². The van der Waals surface area contributed by atoms with Crippen molar-refractivity contribution in [2.75, 3.05) is 26.1 Å².